The van der Waals surface area contributed by atoms with E-state index in [-0.39, 0.29) is 0 Å². The average molecular weight is 264 g/mol. The standard InChI is InChI=1S/C16H28N2O/c1-5-11-19-15-8-6-7-14(16(15)17)18-13(4)10-9-12(2)3/h6-8,12-13,18H,5,9-11,17H2,1-4H3. The Morgan fingerprint density at radius 1 is 1.21 bits per heavy atom. The quantitative estimate of drug-likeness (QED) is 0.688. The lowest BCUT2D eigenvalue weighted by Gasteiger charge is -2.19. The molecule has 0 aromatic heterocycles. The number of anilines is 2. The zero-order valence-corrected chi connectivity index (χ0v) is 12.7. The van der Waals surface area contributed by atoms with Gasteiger partial charge in [-0.25, -0.2) is 0 Å². The SMILES string of the molecule is CCCOc1cccc(NC(C)CCC(C)C)c1N. The van der Waals surface area contributed by atoms with Gasteiger partial charge in [-0.2, -0.15) is 0 Å². The van der Waals surface area contributed by atoms with Crippen molar-refractivity contribution < 1.29 is 4.74 Å². The van der Waals surface area contributed by atoms with E-state index in [1.54, 1.807) is 0 Å². The summed E-state index contributed by atoms with van der Waals surface area (Å²) in [7, 11) is 0. The van der Waals surface area contributed by atoms with Crippen molar-refractivity contribution >= 4 is 11.4 Å². The number of benzene rings is 1. The normalized spacial score (nSPS) is 12.5. The number of rotatable bonds is 8. The van der Waals surface area contributed by atoms with Crippen molar-refractivity contribution in [1.29, 1.82) is 0 Å². The van der Waals surface area contributed by atoms with E-state index in [0.717, 1.165) is 30.2 Å². The van der Waals surface area contributed by atoms with E-state index in [1.165, 1.54) is 6.42 Å². The van der Waals surface area contributed by atoms with Crippen LogP contribution in [-0.4, -0.2) is 12.6 Å². The fourth-order valence-electron chi connectivity index (χ4n) is 1.93. The Morgan fingerprint density at radius 2 is 1.95 bits per heavy atom. The summed E-state index contributed by atoms with van der Waals surface area (Å²) in [5.41, 5.74) is 7.83. The molecule has 1 aromatic carbocycles. The minimum atomic E-state index is 0.422. The number of hydrogen-bond donors (Lipinski definition) is 2. The van der Waals surface area contributed by atoms with Crippen molar-refractivity contribution in [1.82, 2.24) is 0 Å². The summed E-state index contributed by atoms with van der Waals surface area (Å²) >= 11 is 0. The molecule has 0 aliphatic rings. The number of nitrogens with one attached hydrogen (secondary N) is 1. The maximum absolute atomic E-state index is 6.14. The van der Waals surface area contributed by atoms with Gasteiger partial charge in [-0.1, -0.05) is 26.8 Å². The molecule has 0 amide bonds. The van der Waals surface area contributed by atoms with Crippen LogP contribution in [0.3, 0.4) is 0 Å². The van der Waals surface area contributed by atoms with Gasteiger partial charge in [-0.05, 0) is 44.2 Å². The first-order chi connectivity index (χ1) is 9.04. The lowest BCUT2D eigenvalue weighted by atomic mass is 10.0. The Kier molecular flexibility index (Phi) is 6.54. The third-order valence-electron chi connectivity index (χ3n) is 3.11. The summed E-state index contributed by atoms with van der Waals surface area (Å²) in [5.74, 6) is 1.52. The van der Waals surface area contributed by atoms with Crippen LogP contribution in [0.2, 0.25) is 0 Å². The van der Waals surface area contributed by atoms with Gasteiger partial charge in [0.25, 0.3) is 0 Å². The van der Waals surface area contributed by atoms with E-state index in [0.29, 0.717) is 18.3 Å². The summed E-state index contributed by atoms with van der Waals surface area (Å²) < 4.78 is 5.64. The van der Waals surface area contributed by atoms with Crippen LogP contribution in [0.4, 0.5) is 11.4 Å². The topological polar surface area (TPSA) is 47.3 Å². The molecule has 1 rings (SSSR count). The highest BCUT2D eigenvalue weighted by Crippen LogP contribution is 2.30. The molecule has 0 fully saturated rings. The van der Waals surface area contributed by atoms with Gasteiger partial charge in [0.15, 0.2) is 0 Å². The van der Waals surface area contributed by atoms with Crippen molar-refractivity contribution in [2.24, 2.45) is 5.92 Å². The molecular formula is C16H28N2O. The molecule has 3 N–H and O–H groups in total. The lowest BCUT2D eigenvalue weighted by Crippen LogP contribution is -2.17. The Balaban J connectivity index is 2.62. The summed E-state index contributed by atoms with van der Waals surface area (Å²) in [6.07, 6.45) is 3.36. The number of hydrogen-bond acceptors (Lipinski definition) is 3. The molecule has 1 atom stereocenters. The van der Waals surface area contributed by atoms with Crippen LogP contribution in [0.1, 0.15) is 47.0 Å². The second-order valence-corrected chi connectivity index (χ2v) is 5.58. The Bertz CT molecular complexity index is 377. The molecular weight excluding hydrogens is 236 g/mol. The van der Waals surface area contributed by atoms with Crippen molar-refractivity contribution in [3.8, 4) is 5.75 Å². The van der Waals surface area contributed by atoms with Gasteiger partial charge < -0.3 is 15.8 Å². The van der Waals surface area contributed by atoms with Crippen LogP contribution < -0.4 is 15.8 Å². The van der Waals surface area contributed by atoms with Crippen LogP contribution in [0, 0.1) is 5.92 Å². The number of para-hydroxylation sites is 1. The van der Waals surface area contributed by atoms with Crippen molar-refractivity contribution in [2.45, 2.75) is 53.0 Å². The van der Waals surface area contributed by atoms with E-state index in [1.807, 2.05) is 18.2 Å². The number of nitrogen functional groups attached to an aromatic ring is 1. The largest absolute Gasteiger partial charge is 0.491 e. The van der Waals surface area contributed by atoms with Gasteiger partial charge in [0.2, 0.25) is 0 Å². The molecule has 0 saturated heterocycles. The fraction of sp³-hybridized carbons (Fsp3) is 0.625. The van der Waals surface area contributed by atoms with E-state index in [2.05, 4.69) is 33.0 Å². The summed E-state index contributed by atoms with van der Waals surface area (Å²) in [4.78, 5) is 0. The zero-order valence-electron chi connectivity index (χ0n) is 12.7. The highest BCUT2D eigenvalue weighted by atomic mass is 16.5. The first kappa shape index (κ1) is 15.7. The minimum absolute atomic E-state index is 0.422. The third-order valence-corrected chi connectivity index (χ3v) is 3.11. The second kappa shape index (κ2) is 7.93. The molecule has 19 heavy (non-hydrogen) atoms. The van der Waals surface area contributed by atoms with Gasteiger partial charge in [0.05, 0.1) is 18.0 Å². The average Bonchev–Trinajstić information content (AvgIpc) is 2.37. The molecule has 0 aliphatic carbocycles. The van der Waals surface area contributed by atoms with Crippen LogP contribution in [-0.2, 0) is 0 Å². The van der Waals surface area contributed by atoms with Crippen molar-refractivity contribution in [3.63, 3.8) is 0 Å². The molecule has 3 nitrogen and oxygen atoms in total. The Hall–Kier alpha value is -1.38. The number of nitrogens with two attached hydrogens (primary N) is 1. The summed E-state index contributed by atoms with van der Waals surface area (Å²) in [5, 5.41) is 3.48. The second-order valence-electron chi connectivity index (χ2n) is 5.58. The number of ether oxygens (including phenoxy) is 1. The third kappa shape index (κ3) is 5.41. The highest BCUT2D eigenvalue weighted by molar-refractivity contribution is 5.73. The molecule has 1 aromatic rings. The predicted octanol–water partition coefficient (Wildman–Crippen LogP) is 4.29. The molecule has 0 radical (unpaired) electrons. The maximum atomic E-state index is 6.14. The lowest BCUT2D eigenvalue weighted by molar-refractivity contribution is 0.319. The first-order valence-electron chi connectivity index (χ1n) is 7.32. The summed E-state index contributed by atoms with van der Waals surface area (Å²) in [6.45, 7) is 9.49. The smallest absolute Gasteiger partial charge is 0.144 e. The van der Waals surface area contributed by atoms with Crippen LogP contribution in [0.25, 0.3) is 0 Å². The van der Waals surface area contributed by atoms with Gasteiger partial charge in [0.1, 0.15) is 5.75 Å². The van der Waals surface area contributed by atoms with Crippen LogP contribution in [0.5, 0.6) is 5.75 Å². The fourth-order valence-corrected chi connectivity index (χ4v) is 1.93. The van der Waals surface area contributed by atoms with Gasteiger partial charge in [0, 0.05) is 6.04 Å². The molecule has 1 unspecified atom stereocenters. The van der Waals surface area contributed by atoms with Gasteiger partial charge in [-0.3, -0.25) is 0 Å². The zero-order chi connectivity index (χ0) is 14.3. The van der Waals surface area contributed by atoms with Crippen LogP contribution >= 0.6 is 0 Å². The Morgan fingerprint density at radius 3 is 2.58 bits per heavy atom. The van der Waals surface area contributed by atoms with Gasteiger partial charge in [-0.15, -0.1) is 0 Å². The molecule has 108 valence electrons. The highest BCUT2D eigenvalue weighted by Gasteiger charge is 2.09. The molecule has 0 heterocycles. The predicted molar refractivity (Wildman–Crippen MR) is 83.8 cm³/mol. The Labute approximate surface area is 117 Å². The monoisotopic (exact) mass is 264 g/mol. The maximum Gasteiger partial charge on any atom is 0.144 e. The van der Waals surface area contributed by atoms with E-state index in [9.17, 15) is 0 Å². The molecule has 0 bridgehead atoms. The summed E-state index contributed by atoms with van der Waals surface area (Å²) in [6, 6.07) is 6.35. The van der Waals surface area contributed by atoms with Crippen molar-refractivity contribution in [3.05, 3.63) is 18.2 Å². The molecule has 0 aliphatic heterocycles. The molecule has 3 heteroatoms. The van der Waals surface area contributed by atoms with Gasteiger partial charge >= 0.3 is 0 Å². The molecule has 0 saturated carbocycles. The minimum Gasteiger partial charge on any atom is -0.491 e. The van der Waals surface area contributed by atoms with Crippen molar-refractivity contribution in [2.75, 3.05) is 17.7 Å². The van der Waals surface area contributed by atoms with E-state index < -0.39 is 0 Å². The molecule has 0 spiro atoms. The van der Waals surface area contributed by atoms with E-state index >= 15 is 0 Å². The first-order valence-corrected chi connectivity index (χ1v) is 7.32. The van der Waals surface area contributed by atoms with E-state index in [4.69, 9.17) is 10.5 Å². The van der Waals surface area contributed by atoms with Crippen LogP contribution in [0.15, 0.2) is 18.2 Å².